The maximum absolute atomic E-state index is 12.1. The van der Waals surface area contributed by atoms with Crippen LogP contribution in [0.3, 0.4) is 0 Å². The number of hydrogen-bond acceptors (Lipinski definition) is 4. The fraction of sp³-hybridized carbons (Fsp3) is 0.571. The standard InChI is InChI=1S/C14H19N3O3S/c18-13(19)9-5-8-21-12(9)16-14(20)15-10-4-7-17-6-2-1-3-11(10)17/h5,8,10-11H,1-4,6-7H2,(H,18,19)(H2,15,16,20). The third kappa shape index (κ3) is 3.03. The molecule has 0 aliphatic carbocycles. The van der Waals surface area contributed by atoms with E-state index in [0.29, 0.717) is 11.0 Å². The van der Waals surface area contributed by atoms with Crippen LogP contribution in [0.2, 0.25) is 0 Å². The summed E-state index contributed by atoms with van der Waals surface area (Å²) in [5, 5.41) is 16.8. The van der Waals surface area contributed by atoms with Gasteiger partial charge in [0.25, 0.3) is 0 Å². The van der Waals surface area contributed by atoms with Crippen LogP contribution in [-0.4, -0.2) is 47.2 Å². The van der Waals surface area contributed by atoms with Crippen LogP contribution in [0.4, 0.5) is 9.80 Å². The number of rotatable bonds is 3. The molecule has 3 heterocycles. The van der Waals surface area contributed by atoms with Crippen LogP contribution in [-0.2, 0) is 0 Å². The molecule has 6 nitrogen and oxygen atoms in total. The summed E-state index contributed by atoms with van der Waals surface area (Å²) in [5.41, 5.74) is 0.140. The van der Waals surface area contributed by atoms with Crippen molar-refractivity contribution in [3.8, 4) is 0 Å². The van der Waals surface area contributed by atoms with Gasteiger partial charge in [0, 0.05) is 18.6 Å². The van der Waals surface area contributed by atoms with E-state index in [1.165, 1.54) is 30.2 Å². The highest BCUT2D eigenvalue weighted by Crippen LogP contribution is 2.27. The van der Waals surface area contributed by atoms with Gasteiger partial charge < -0.3 is 10.4 Å². The number of aromatic carboxylic acids is 1. The molecule has 3 rings (SSSR count). The first kappa shape index (κ1) is 14.3. The third-order valence-corrected chi connectivity index (χ3v) is 5.13. The molecule has 2 aliphatic rings. The van der Waals surface area contributed by atoms with E-state index in [0.717, 1.165) is 25.9 Å². The van der Waals surface area contributed by atoms with Crippen LogP contribution in [0.25, 0.3) is 0 Å². The number of carboxylic acids is 1. The van der Waals surface area contributed by atoms with Gasteiger partial charge in [0.05, 0.1) is 5.56 Å². The van der Waals surface area contributed by atoms with Gasteiger partial charge in [0.2, 0.25) is 0 Å². The molecular weight excluding hydrogens is 290 g/mol. The lowest BCUT2D eigenvalue weighted by atomic mass is 9.99. The van der Waals surface area contributed by atoms with Crippen LogP contribution < -0.4 is 10.6 Å². The zero-order valence-electron chi connectivity index (χ0n) is 11.7. The molecule has 0 bridgehead atoms. The molecule has 1 aromatic rings. The minimum atomic E-state index is -1.02. The number of nitrogens with one attached hydrogen (secondary N) is 2. The van der Waals surface area contributed by atoms with Crippen LogP contribution in [0, 0.1) is 0 Å². The predicted molar refractivity (Wildman–Crippen MR) is 81.0 cm³/mol. The van der Waals surface area contributed by atoms with Crippen molar-refractivity contribution >= 4 is 28.3 Å². The third-order valence-electron chi connectivity index (χ3n) is 4.30. The van der Waals surface area contributed by atoms with Gasteiger partial charge in [-0.25, -0.2) is 9.59 Å². The zero-order chi connectivity index (χ0) is 14.8. The first-order valence-corrected chi connectivity index (χ1v) is 8.15. The van der Waals surface area contributed by atoms with E-state index < -0.39 is 5.97 Å². The number of carbonyl (C=O) groups is 2. The predicted octanol–water partition coefficient (Wildman–Crippen LogP) is 2.19. The summed E-state index contributed by atoms with van der Waals surface area (Å²) in [6.07, 6.45) is 4.56. The summed E-state index contributed by atoms with van der Waals surface area (Å²) < 4.78 is 0. The highest BCUT2D eigenvalue weighted by Gasteiger charge is 2.36. The minimum absolute atomic E-state index is 0.140. The lowest BCUT2D eigenvalue weighted by Gasteiger charge is -2.32. The van der Waals surface area contributed by atoms with Crippen LogP contribution in [0.15, 0.2) is 11.4 Å². The van der Waals surface area contributed by atoms with Gasteiger partial charge in [-0.05, 0) is 37.3 Å². The van der Waals surface area contributed by atoms with Crippen LogP contribution >= 0.6 is 11.3 Å². The number of urea groups is 1. The van der Waals surface area contributed by atoms with Gasteiger partial charge in [0.15, 0.2) is 0 Å². The number of carboxylic acid groups (broad SMARTS) is 1. The van der Waals surface area contributed by atoms with Gasteiger partial charge in [-0.1, -0.05) is 6.42 Å². The number of carbonyl (C=O) groups excluding carboxylic acids is 1. The zero-order valence-corrected chi connectivity index (χ0v) is 12.5. The first-order valence-electron chi connectivity index (χ1n) is 7.27. The molecule has 2 unspecified atom stereocenters. The minimum Gasteiger partial charge on any atom is -0.478 e. The van der Waals surface area contributed by atoms with E-state index in [-0.39, 0.29) is 17.6 Å². The van der Waals surface area contributed by atoms with Crippen molar-refractivity contribution in [3.63, 3.8) is 0 Å². The summed E-state index contributed by atoms with van der Waals surface area (Å²) in [5.74, 6) is -1.02. The Morgan fingerprint density at radius 1 is 1.29 bits per heavy atom. The summed E-state index contributed by atoms with van der Waals surface area (Å²) in [6.45, 7) is 2.16. The first-order chi connectivity index (χ1) is 10.1. The normalized spacial score (nSPS) is 25.3. The van der Waals surface area contributed by atoms with Gasteiger partial charge in [0.1, 0.15) is 5.00 Å². The van der Waals surface area contributed by atoms with E-state index in [1.54, 1.807) is 5.38 Å². The number of hydrogen-bond donors (Lipinski definition) is 3. The second-order valence-electron chi connectivity index (χ2n) is 5.56. The molecular formula is C14H19N3O3S. The van der Waals surface area contributed by atoms with Gasteiger partial charge >= 0.3 is 12.0 Å². The fourth-order valence-corrected chi connectivity index (χ4v) is 4.07. The number of thiophene rings is 1. The molecule has 2 aliphatic heterocycles. The smallest absolute Gasteiger partial charge is 0.338 e. The van der Waals surface area contributed by atoms with Crippen molar-refractivity contribution in [2.45, 2.75) is 37.8 Å². The molecule has 0 radical (unpaired) electrons. The Bertz CT molecular complexity index is 545. The number of piperidine rings is 1. The second kappa shape index (κ2) is 6.03. The average Bonchev–Trinajstić information content (AvgIpc) is 3.06. The highest BCUT2D eigenvalue weighted by molar-refractivity contribution is 7.14. The Labute approximate surface area is 127 Å². The summed E-state index contributed by atoms with van der Waals surface area (Å²) in [4.78, 5) is 25.6. The van der Waals surface area contributed by atoms with E-state index in [1.807, 2.05) is 0 Å². The summed E-state index contributed by atoms with van der Waals surface area (Å²) in [7, 11) is 0. The van der Waals surface area contributed by atoms with Crippen molar-refractivity contribution in [1.29, 1.82) is 0 Å². The Hall–Kier alpha value is -1.60. The van der Waals surface area contributed by atoms with E-state index in [2.05, 4.69) is 15.5 Å². The molecule has 21 heavy (non-hydrogen) atoms. The van der Waals surface area contributed by atoms with Crippen molar-refractivity contribution in [3.05, 3.63) is 17.0 Å². The summed E-state index contributed by atoms with van der Waals surface area (Å²) >= 11 is 1.22. The molecule has 2 saturated heterocycles. The number of fused-ring (bicyclic) bond motifs is 1. The highest BCUT2D eigenvalue weighted by atomic mass is 32.1. The Morgan fingerprint density at radius 3 is 2.95 bits per heavy atom. The lowest BCUT2D eigenvalue weighted by Crippen LogP contribution is -2.47. The van der Waals surface area contributed by atoms with E-state index in [4.69, 9.17) is 5.11 Å². The Kier molecular flexibility index (Phi) is 4.12. The topological polar surface area (TPSA) is 81.7 Å². The number of nitrogens with zero attached hydrogens (tertiary/aromatic N) is 1. The molecule has 1 aromatic heterocycles. The van der Waals surface area contributed by atoms with Gasteiger partial charge in [-0.15, -0.1) is 11.3 Å². The van der Waals surface area contributed by atoms with Gasteiger partial charge in [-0.3, -0.25) is 10.2 Å². The van der Waals surface area contributed by atoms with Crippen molar-refractivity contribution in [2.75, 3.05) is 18.4 Å². The van der Waals surface area contributed by atoms with Gasteiger partial charge in [-0.2, -0.15) is 0 Å². The Morgan fingerprint density at radius 2 is 2.14 bits per heavy atom. The molecule has 2 amide bonds. The SMILES string of the molecule is O=C(Nc1sccc1C(=O)O)NC1CCN2CCCCC12. The largest absolute Gasteiger partial charge is 0.478 e. The van der Waals surface area contributed by atoms with Crippen molar-refractivity contribution in [1.82, 2.24) is 10.2 Å². The van der Waals surface area contributed by atoms with E-state index >= 15 is 0 Å². The number of amides is 2. The Balaban J connectivity index is 1.59. The van der Waals surface area contributed by atoms with Crippen LogP contribution in [0.5, 0.6) is 0 Å². The monoisotopic (exact) mass is 309 g/mol. The van der Waals surface area contributed by atoms with Crippen molar-refractivity contribution < 1.29 is 14.7 Å². The molecule has 7 heteroatoms. The maximum atomic E-state index is 12.1. The molecule has 2 fully saturated rings. The number of anilines is 1. The molecule has 0 saturated carbocycles. The fourth-order valence-electron chi connectivity index (χ4n) is 3.30. The molecule has 0 spiro atoms. The molecule has 0 aromatic carbocycles. The molecule has 2 atom stereocenters. The average molecular weight is 309 g/mol. The summed E-state index contributed by atoms with van der Waals surface area (Å²) in [6, 6.07) is 1.80. The molecule has 3 N–H and O–H groups in total. The lowest BCUT2D eigenvalue weighted by molar-refractivity contribution is 0.0698. The van der Waals surface area contributed by atoms with Crippen molar-refractivity contribution in [2.24, 2.45) is 0 Å². The quantitative estimate of drug-likeness (QED) is 0.799. The molecule has 114 valence electrons. The van der Waals surface area contributed by atoms with E-state index in [9.17, 15) is 9.59 Å². The maximum Gasteiger partial charge on any atom is 0.338 e. The van der Waals surface area contributed by atoms with Crippen LogP contribution in [0.1, 0.15) is 36.0 Å². The second-order valence-corrected chi connectivity index (χ2v) is 6.48.